The van der Waals surface area contributed by atoms with E-state index in [1.807, 2.05) is 11.7 Å². The maximum Gasteiger partial charge on any atom is 0.130 e. The zero-order valence-corrected chi connectivity index (χ0v) is 13.6. The van der Waals surface area contributed by atoms with Crippen molar-refractivity contribution in [2.75, 3.05) is 31.6 Å². The summed E-state index contributed by atoms with van der Waals surface area (Å²) in [4.78, 5) is 4.89. The van der Waals surface area contributed by atoms with E-state index >= 15 is 0 Å². The van der Waals surface area contributed by atoms with Crippen molar-refractivity contribution in [1.82, 2.24) is 14.7 Å². The van der Waals surface area contributed by atoms with Crippen molar-refractivity contribution >= 4 is 5.82 Å². The molecule has 0 bridgehead atoms. The highest BCUT2D eigenvalue weighted by Gasteiger charge is 2.27. The van der Waals surface area contributed by atoms with E-state index in [0.29, 0.717) is 6.04 Å². The predicted molar refractivity (Wildman–Crippen MR) is 84.2 cm³/mol. The number of hydrogen-bond acceptors (Lipinski definition) is 4. The molecule has 5 nitrogen and oxygen atoms in total. The Kier molecular flexibility index (Phi) is 4.70. The first kappa shape index (κ1) is 15.3. The molecular weight excluding hydrogens is 250 g/mol. The molecule has 1 aliphatic rings. The van der Waals surface area contributed by atoms with Crippen molar-refractivity contribution < 1.29 is 0 Å². The predicted octanol–water partition coefficient (Wildman–Crippen LogP) is 1.15. The quantitative estimate of drug-likeness (QED) is 0.898. The van der Waals surface area contributed by atoms with E-state index in [0.717, 1.165) is 38.2 Å². The summed E-state index contributed by atoms with van der Waals surface area (Å²) in [7, 11) is 4.24. The largest absolute Gasteiger partial charge is 0.351 e. The minimum atomic E-state index is 0.222. The minimum absolute atomic E-state index is 0.222. The summed E-state index contributed by atoms with van der Waals surface area (Å²) in [5, 5.41) is 4.63. The third-order valence-electron chi connectivity index (χ3n) is 4.41. The van der Waals surface area contributed by atoms with E-state index in [-0.39, 0.29) is 6.04 Å². The fourth-order valence-corrected chi connectivity index (χ4v) is 3.15. The minimum Gasteiger partial charge on any atom is -0.351 e. The number of anilines is 1. The lowest BCUT2D eigenvalue weighted by Crippen LogP contribution is -2.51. The third kappa shape index (κ3) is 2.99. The SMILES string of the molecule is CCC(N)Cc1c(C)nn(C)c1N1CCN(C)CC1C. The molecule has 2 heterocycles. The lowest BCUT2D eigenvalue weighted by Gasteiger charge is -2.40. The molecule has 5 heteroatoms. The molecule has 0 amide bonds. The van der Waals surface area contributed by atoms with Gasteiger partial charge in [0.25, 0.3) is 0 Å². The second-order valence-electron chi connectivity index (χ2n) is 6.19. The van der Waals surface area contributed by atoms with Crippen LogP contribution in [0.15, 0.2) is 0 Å². The van der Waals surface area contributed by atoms with Crippen molar-refractivity contribution in [3.05, 3.63) is 11.3 Å². The smallest absolute Gasteiger partial charge is 0.130 e. The van der Waals surface area contributed by atoms with E-state index in [4.69, 9.17) is 5.73 Å². The number of rotatable bonds is 4. The molecular formula is C15H29N5. The van der Waals surface area contributed by atoms with E-state index in [1.54, 1.807) is 0 Å². The molecule has 0 radical (unpaired) electrons. The number of piperazine rings is 1. The summed E-state index contributed by atoms with van der Waals surface area (Å²) in [5.74, 6) is 1.27. The first-order chi connectivity index (χ1) is 9.43. The Bertz CT molecular complexity index is 453. The van der Waals surface area contributed by atoms with Gasteiger partial charge in [-0.05, 0) is 33.7 Å². The monoisotopic (exact) mass is 279 g/mol. The number of hydrogen-bond donors (Lipinski definition) is 1. The van der Waals surface area contributed by atoms with Crippen LogP contribution >= 0.6 is 0 Å². The van der Waals surface area contributed by atoms with Gasteiger partial charge in [0, 0.05) is 44.3 Å². The second-order valence-corrected chi connectivity index (χ2v) is 6.19. The van der Waals surface area contributed by atoms with Gasteiger partial charge < -0.3 is 15.5 Å². The Morgan fingerprint density at radius 2 is 2.05 bits per heavy atom. The van der Waals surface area contributed by atoms with Gasteiger partial charge in [-0.15, -0.1) is 0 Å². The fourth-order valence-electron chi connectivity index (χ4n) is 3.15. The molecule has 2 unspecified atom stereocenters. The van der Waals surface area contributed by atoms with Gasteiger partial charge in [-0.3, -0.25) is 4.68 Å². The lowest BCUT2D eigenvalue weighted by molar-refractivity contribution is 0.273. The molecule has 0 spiro atoms. The van der Waals surface area contributed by atoms with Gasteiger partial charge in [-0.25, -0.2) is 0 Å². The first-order valence-corrected chi connectivity index (χ1v) is 7.67. The van der Waals surface area contributed by atoms with Crippen molar-refractivity contribution in [3.8, 4) is 0 Å². The molecule has 1 saturated heterocycles. The topological polar surface area (TPSA) is 50.3 Å². The Balaban J connectivity index is 2.30. The second kappa shape index (κ2) is 6.14. The van der Waals surface area contributed by atoms with Crippen LogP contribution in [-0.4, -0.2) is 53.4 Å². The Morgan fingerprint density at radius 1 is 1.35 bits per heavy atom. The Morgan fingerprint density at radius 3 is 2.65 bits per heavy atom. The highest BCUT2D eigenvalue weighted by molar-refractivity contribution is 5.52. The van der Waals surface area contributed by atoms with Gasteiger partial charge in [0.05, 0.1) is 5.69 Å². The van der Waals surface area contributed by atoms with E-state index in [1.165, 1.54) is 11.4 Å². The lowest BCUT2D eigenvalue weighted by atomic mass is 10.0. The molecule has 1 aromatic heterocycles. The summed E-state index contributed by atoms with van der Waals surface area (Å²) in [6.45, 7) is 9.81. The van der Waals surface area contributed by atoms with Gasteiger partial charge in [-0.1, -0.05) is 6.92 Å². The van der Waals surface area contributed by atoms with Crippen LogP contribution in [0.1, 0.15) is 31.5 Å². The normalized spacial score (nSPS) is 22.3. The summed E-state index contributed by atoms with van der Waals surface area (Å²) < 4.78 is 2.04. The Labute approximate surface area is 122 Å². The number of nitrogens with two attached hydrogens (primary N) is 1. The molecule has 2 atom stereocenters. The maximum absolute atomic E-state index is 6.17. The summed E-state index contributed by atoms with van der Waals surface area (Å²) >= 11 is 0. The van der Waals surface area contributed by atoms with Crippen LogP contribution in [0.3, 0.4) is 0 Å². The number of aryl methyl sites for hydroxylation is 2. The maximum atomic E-state index is 6.17. The number of likely N-dealkylation sites (N-methyl/N-ethyl adjacent to an activating group) is 1. The Hall–Kier alpha value is -1.07. The molecule has 1 fully saturated rings. The molecule has 2 rings (SSSR count). The van der Waals surface area contributed by atoms with Crippen molar-refractivity contribution in [1.29, 1.82) is 0 Å². The van der Waals surface area contributed by atoms with Crippen LogP contribution in [0.4, 0.5) is 5.82 Å². The average molecular weight is 279 g/mol. The van der Waals surface area contributed by atoms with Gasteiger partial charge in [0.2, 0.25) is 0 Å². The molecule has 20 heavy (non-hydrogen) atoms. The average Bonchev–Trinajstić information content (AvgIpc) is 2.65. The van der Waals surface area contributed by atoms with Gasteiger partial charge in [-0.2, -0.15) is 5.10 Å². The third-order valence-corrected chi connectivity index (χ3v) is 4.41. The van der Waals surface area contributed by atoms with Crippen molar-refractivity contribution in [2.24, 2.45) is 12.8 Å². The fraction of sp³-hybridized carbons (Fsp3) is 0.800. The highest BCUT2D eigenvalue weighted by atomic mass is 15.4. The van der Waals surface area contributed by atoms with Crippen LogP contribution in [0, 0.1) is 6.92 Å². The molecule has 1 aromatic rings. The number of nitrogens with zero attached hydrogens (tertiary/aromatic N) is 4. The van der Waals surface area contributed by atoms with E-state index in [9.17, 15) is 0 Å². The van der Waals surface area contributed by atoms with Crippen LogP contribution in [0.5, 0.6) is 0 Å². The molecule has 0 saturated carbocycles. The van der Waals surface area contributed by atoms with Crippen LogP contribution < -0.4 is 10.6 Å². The molecule has 0 aliphatic carbocycles. The van der Waals surface area contributed by atoms with Gasteiger partial charge in [0.1, 0.15) is 5.82 Å². The summed E-state index contributed by atoms with van der Waals surface area (Å²) in [6.07, 6.45) is 1.93. The zero-order chi connectivity index (χ0) is 14.9. The van der Waals surface area contributed by atoms with Gasteiger partial charge in [0.15, 0.2) is 0 Å². The van der Waals surface area contributed by atoms with Crippen molar-refractivity contribution in [2.45, 2.75) is 45.7 Å². The number of aromatic nitrogens is 2. The van der Waals surface area contributed by atoms with Crippen LogP contribution in [-0.2, 0) is 13.5 Å². The molecule has 2 N–H and O–H groups in total. The van der Waals surface area contributed by atoms with Crippen LogP contribution in [0.25, 0.3) is 0 Å². The molecule has 1 aliphatic heterocycles. The van der Waals surface area contributed by atoms with Crippen molar-refractivity contribution in [3.63, 3.8) is 0 Å². The zero-order valence-electron chi connectivity index (χ0n) is 13.6. The standard InChI is InChI=1S/C15H29N5/c1-6-13(16)9-14-12(3)17-19(5)15(14)20-8-7-18(4)10-11(20)2/h11,13H,6-10,16H2,1-5H3. The van der Waals surface area contributed by atoms with Crippen LogP contribution in [0.2, 0.25) is 0 Å². The highest BCUT2D eigenvalue weighted by Crippen LogP contribution is 2.27. The van der Waals surface area contributed by atoms with E-state index in [2.05, 4.69) is 42.7 Å². The van der Waals surface area contributed by atoms with E-state index < -0.39 is 0 Å². The summed E-state index contributed by atoms with van der Waals surface area (Å²) in [5.41, 5.74) is 8.63. The molecule has 114 valence electrons. The summed E-state index contributed by atoms with van der Waals surface area (Å²) in [6, 6.07) is 0.736. The molecule has 0 aromatic carbocycles. The first-order valence-electron chi connectivity index (χ1n) is 7.67. The van der Waals surface area contributed by atoms with Gasteiger partial charge >= 0.3 is 0 Å².